The first-order chi connectivity index (χ1) is 22.0. The van der Waals surface area contributed by atoms with E-state index in [0.29, 0.717) is 21.5 Å². The first kappa shape index (κ1) is 33.6. The number of carbonyl (C=O) groups excluding carboxylic acids is 1. The normalized spacial score (nSPS) is 12.2. The van der Waals surface area contributed by atoms with Gasteiger partial charge in [0.15, 0.2) is 6.29 Å². The Balaban J connectivity index is 1.67. The number of rotatable bonds is 10. The van der Waals surface area contributed by atoms with Crippen LogP contribution >= 0.6 is 0 Å². The molecule has 0 fully saturated rings. The van der Waals surface area contributed by atoms with Gasteiger partial charge >= 0.3 is 0 Å². The van der Waals surface area contributed by atoms with Gasteiger partial charge in [-0.25, -0.2) is 0 Å². The van der Waals surface area contributed by atoms with E-state index >= 15 is 0 Å². The van der Waals surface area contributed by atoms with Crippen LogP contribution in [0.15, 0.2) is 93.7 Å². The molecule has 0 saturated carbocycles. The summed E-state index contributed by atoms with van der Waals surface area (Å²) in [6.45, 7) is 4.72. The maximum atomic E-state index is 13.1. The minimum Gasteiger partial charge on any atom is -0.486 e. The Hall–Kier alpha value is -4.74. The fourth-order valence-electron chi connectivity index (χ4n) is 4.85. The van der Waals surface area contributed by atoms with E-state index < -0.39 is 46.7 Å². The van der Waals surface area contributed by atoms with E-state index in [9.17, 15) is 39.2 Å². The average molecular weight is 698 g/mol. The molecule has 4 aromatic carbocycles. The number of hydrogen-bond acceptors (Lipinski definition) is 10. The fraction of sp³-hybridized carbons (Fsp3) is 0.129. The number of carbonyl (C=O) groups is 1. The predicted molar refractivity (Wildman–Crippen MR) is 170 cm³/mol. The van der Waals surface area contributed by atoms with Crippen molar-refractivity contribution in [3.8, 4) is 28.0 Å². The van der Waals surface area contributed by atoms with Gasteiger partial charge in [0, 0.05) is 11.1 Å². The summed E-state index contributed by atoms with van der Waals surface area (Å²) in [5.74, 6) is -0.172. The van der Waals surface area contributed by atoms with Crippen molar-refractivity contribution < 1.29 is 43.9 Å². The van der Waals surface area contributed by atoms with Crippen molar-refractivity contribution in [1.29, 1.82) is 0 Å². The third kappa shape index (κ3) is 7.01. The van der Waals surface area contributed by atoms with Crippen molar-refractivity contribution in [2.45, 2.75) is 42.1 Å². The van der Waals surface area contributed by atoms with Crippen LogP contribution in [0.3, 0.4) is 0 Å². The third-order valence-corrected chi connectivity index (χ3v) is 10.5. The second kappa shape index (κ2) is 12.5. The van der Waals surface area contributed by atoms with Gasteiger partial charge in [-0.15, -0.1) is 9.19 Å². The highest BCUT2D eigenvalue weighted by Gasteiger charge is 2.25. The van der Waals surface area contributed by atoms with Crippen LogP contribution in [0.2, 0.25) is 0 Å². The minimum absolute atomic E-state index is 0.00671. The molecule has 0 spiro atoms. The fourth-order valence-corrected chi connectivity index (χ4v) is 7.32. The van der Waals surface area contributed by atoms with Gasteiger partial charge in [0.2, 0.25) is 0 Å². The molecule has 13 nitrogen and oxygen atoms in total. The Kier molecular flexibility index (Phi) is 8.91. The van der Waals surface area contributed by atoms with E-state index in [1.807, 2.05) is 0 Å². The van der Waals surface area contributed by atoms with E-state index in [1.165, 1.54) is 54.6 Å². The number of hydrogen-bond donors (Lipinski definition) is 2. The highest BCUT2D eigenvalue weighted by Crippen LogP contribution is 2.40. The zero-order chi connectivity index (χ0) is 34.3. The van der Waals surface area contributed by atoms with Crippen LogP contribution in [0.4, 0.5) is 0 Å². The lowest BCUT2D eigenvalue weighted by molar-refractivity contribution is 0.111. The van der Waals surface area contributed by atoms with Gasteiger partial charge in [0.1, 0.15) is 27.8 Å². The Labute approximate surface area is 271 Å². The van der Waals surface area contributed by atoms with E-state index in [0.717, 1.165) is 17.8 Å². The van der Waals surface area contributed by atoms with Gasteiger partial charge in [-0.1, -0.05) is 58.3 Å². The lowest BCUT2D eigenvalue weighted by Gasteiger charge is -2.18. The molecule has 0 atom stereocenters. The number of aldehydes is 1. The van der Waals surface area contributed by atoms with Crippen LogP contribution in [0.25, 0.3) is 22.3 Å². The molecule has 1 heterocycles. The topological polar surface area (TPSA) is 200 Å². The Bertz CT molecular complexity index is 2370. The van der Waals surface area contributed by atoms with Gasteiger partial charge in [-0.2, -0.15) is 25.3 Å². The molecule has 5 aromatic rings. The Morgan fingerprint density at radius 3 is 1.85 bits per heavy atom. The van der Waals surface area contributed by atoms with Crippen LogP contribution in [0.1, 0.15) is 32.7 Å². The predicted octanol–water partition coefficient (Wildman–Crippen LogP) is 4.66. The first-order valence-corrected chi connectivity index (χ1v) is 18.0. The lowest BCUT2D eigenvalue weighted by atomic mass is 9.93. The van der Waals surface area contributed by atoms with E-state index in [-0.39, 0.29) is 44.2 Å². The molecule has 2 N–H and O–H groups in total. The Morgan fingerprint density at radius 1 is 0.723 bits per heavy atom. The number of benzene rings is 4. The summed E-state index contributed by atoms with van der Waals surface area (Å²) in [5, 5.41) is 7.58. The first-order valence-electron chi connectivity index (χ1n) is 13.7. The SMILES string of the molecule is Cc1ccc(S(=O)(=O)n2cc(COc3cc(-c4cc(C)ccc4S(=O)(=O)O)cc(-c4cc(C)ccc4S(=O)(=O)O)c3C=O)nn2)cc1. The average Bonchev–Trinajstić information content (AvgIpc) is 3.48. The van der Waals surface area contributed by atoms with E-state index in [4.69, 9.17) is 4.74 Å². The van der Waals surface area contributed by atoms with Crippen LogP contribution in [-0.2, 0) is 36.9 Å². The maximum Gasteiger partial charge on any atom is 0.295 e. The number of aromatic nitrogens is 3. The molecule has 5 rings (SSSR count). The monoisotopic (exact) mass is 697 g/mol. The summed E-state index contributed by atoms with van der Waals surface area (Å²) in [6, 6.07) is 16.9. The summed E-state index contributed by atoms with van der Waals surface area (Å²) < 4.78 is 102. The van der Waals surface area contributed by atoms with Gasteiger partial charge in [0.25, 0.3) is 30.3 Å². The molecule has 0 unspecified atom stereocenters. The largest absolute Gasteiger partial charge is 0.486 e. The number of aryl methyl sites for hydroxylation is 3. The summed E-state index contributed by atoms with van der Waals surface area (Å²) in [5.41, 5.74) is 1.87. The second-order valence-electron chi connectivity index (χ2n) is 10.7. The zero-order valence-corrected chi connectivity index (χ0v) is 27.5. The van der Waals surface area contributed by atoms with Gasteiger partial charge in [0.05, 0.1) is 16.7 Å². The molecule has 0 amide bonds. The summed E-state index contributed by atoms with van der Waals surface area (Å²) in [4.78, 5) is 11.6. The van der Waals surface area contributed by atoms with E-state index in [2.05, 4.69) is 10.3 Å². The smallest absolute Gasteiger partial charge is 0.295 e. The maximum absolute atomic E-state index is 13.1. The van der Waals surface area contributed by atoms with Gasteiger partial charge in [-0.3, -0.25) is 13.9 Å². The van der Waals surface area contributed by atoms with Crippen LogP contribution in [0.5, 0.6) is 5.75 Å². The molecule has 0 saturated heterocycles. The molecule has 47 heavy (non-hydrogen) atoms. The van der Waals surface area contributed by atoms with Gasteiger partial charge in [-0.05, 0) is 68.3 Å². The molecule has 0 aliphatic carbocycles. The van der Waals surface area contributed by atoms with Crippen molar-refractivity contribution in [1.82, 2.24) is 14.4 Å². The zero-order valence-electron chi connectivity index (χ0n) is 25.0. The molecule has 244 valence electrons. The lowest BCUT2D eigenvalue weighted by Crippen LogP contribution is -2.13. The quantitative estimate of drug-likeness (QED) is 0.151. The standard InChI is InChI=1S/C31H27N3O10S3/c1-19-4-8-24(9-5-19)45(36,37)34-16-23(32-33-34)18-44-29-15-22(25-12-20(2)6-10-30(25)46(38,39)40)14-26(28(29)17-35)27-13-21(3)7-11-31(27)47(41,42)43/h4-17H,18H2,1-3H3,(H,38,39,40)(H,41,42,43). The molecule has 16 heteroatoms. The molecular weight excluding hydrogens is 671 g/mol. The summed E-state index contributed by atoms with van der Waals surface area (Å²) >= 11 is 0. The molecule has 0 radical (unpaired) electrons. The van der Waals surface area contributed by atoms with Crippen molar-refractivity contribution in [3.63, 3.8) is 0 Å². The van der Waals surface area contributed by atoms with Crippen LogP contribution < -0.4 is 4.74 Å². The van der Waals surface area contributed by atoms with Gasteiger partial charge < -0.3 is 4.74 Å². The third-order valence-electron chi connectivity index (χ3n) is 7.15. The van der Waals surface area contributed by atoms with Crippen molar-refractivity contribution in [2.24, 2.45) is 0 Å². The molecule has 0 bridgehead atoms. The van der Waals surface area contributed by atoms with E-state index in [1.54, 1.807) is 32.9 Å². The minimum atomic E-state index is -4.81. The highest BCUT2D eigenvalue weighted by atomic mass is 32.2. The summed E-state index contributed by atoms with van der Waals surface area (Å²) in [6.07, 6.45) is 1.51. The molecule has 1 aromatic heterocycles. The van der Waals surface area contributed by atoms with Crippen LogP contribution in [0, 0.1) is 20.8 Å². The number of ether oxygens (including phenoxy) is 1. The second-order valence-corrected chi connectivity index (χ2v) is 15.3. The number of nitrogens with zero attached hydrogens (tertiary/aromatic N) is 3. The molecule has 0 aliphatic heterocycles. The highest BCUT2D eigenvalue weighted by molar-refractivity contribution is 7.89. The summed E-state index contributed by atoms with van der Waals surface area (Å²) in [7, 11) is -13.7. The van der Waals surface area contributed by atoms with Crippen molar-refractivity contribution in [3.05, 3.63) is 107 Å². The van der Waals surface area contributed by atoms with Crippen molar-refractivity contribution in [2.75, 3.05) is 0 Å². The van der Waals surface area contributed by atoms with Crippen molar-refractivity contribution >= 4 is 36.5 Å². The Morgan fingerprint density at radius 2 is 1.28 bits per heavy atom. The molecular formula is C31H27N3O10S3. The molecule has 0 aliphatic rings. The van der Waals surface area contributed by atoms with Crippen LogP contribution in [-0.4, -0.2) is 55.0 Å².